The lowest BCUT2D eigenvalue weighted by Crippen LogP contribution is -2.26. The molecular weight excluding hydrogens is 330 g/mol. The molecule has 24 heavy (non-hydrogen) atoms. The SMILES string of the molecule is COc1ccc2c(c1)CCC/C2=N/N=C1\NC(=O)C(CC(=O)O)S1. The van der Waals surface area contributed by atoms with Gasteiger partial charge in [-0.15, -0.1) is 5.10 Å². The van der Waals surface area contributed by atoms with E-state index in [1.807, 2.05) is 18.2 Å². The first-order valence-corrected chi connectivity index (χ1v) is 8.46. The summed E-state index contributed by atoms with van der Waals surface area (Å²) in [5, 5.41) is 19.5. The number of amides is 1. The third kappa shape index (κ3) is 3.59. The van der Waals surface area contributed by atoms with Gasteiger partial charge in [0.1, 0.15) is 11.0 Å². The second kappa shape index (κ2) is 7.04. The minimum Gasteiger partial charge on any atom is -0.497 e. The highest BCUT2D eigenvalue weighted by atomic mass is 32.2. The zero-order chi connectivity index (χ0) is 17.1. The molecule has 8 heteroatoms. The maximum Gasteiger partial charge on any atom is 0.305 e. The van der Waals surface area contributed by atoms with Crippen molar-refractivity contribution in [1.29, 1.82) is 0 Å². The van der Waals surface area contributed by atoms with Gasteiger partial charge >= 0.3 is 5.97 Å². The number of hydrogen-bond donors (Lipinski definition) is 2. The number of carbonyl (C=O) groups is 2. The fraction of sp³-hybridized carbons (Fsp3) is 0.375. The van der Waals surface area contributed by atoms with Gasteiger partial charge in [0.25, 0.3) is 0 Å². The van der Waals surface area contributed by atoms with E-state index >= 15 is 0 Å². The van der Waals surface area contributed by atoms with Crippen LogP contribution in [0.2, 0.25) is 0 Å². The number of carboxylic acids is 1. The number of carbonyl (C=O) groups excluding carboxylic acids is 1. The third-order valence-electron chi connectivity index (χ3n) is 3.88. The molecule has 126 valence electrons. The summed E-state index contributed by atoms with van der Waals surface area (Å²) in [6, 6.07) is 5.87. The largest absolute Gasteiger partial charge is 0.497 e. The Labute approximate surface area is 143 Å². The van der Waals surface area contributed by atoms with Crippen molar-refractivity contribution in [1.82, 2.24) is 5.32 Å². The molecule has 0 radical (unpaired) electrons. The number of methoxy groups -OCH3 is 1. The van der Waals surface area contributed by atoms with Gasteiger partial charge in [0.2, 0.25) is 5.91 Å². The minimum absolute atomic E-state index is 0.227. The molecule has 1 saturated heterocycles. The van der Waals surface area contributed by atoms with Gasteiger partial charge in [-0.2, -0.15) is 5.10 Å². The van der Waals surface area contributed by atoms with Crippen molar-refractivity contribution in [2.75, 3.05) is 7.11 Å². The second-order valence-electron chi connectivity index (χ2n) is 5.52. The fourth-order valence-electron chi connectivity index (χ4n) is 2.72. The Kier molecular flexibility index (Phi) is 4.84. The van der Waals surface area contributed by atoms with Crippen LogP contribution in [0.15, 0.2) is 28.4 Å². The van der Waals surface area contributed by atoms with Crippen LogP contribution in [0.25, 0.3) is 0 Å². The van der Waals surface area contributed by atoms with Gasteiger partial charge in [-0.05, 0) is 43.0 Å². The molecule has 2 aliphatic rings. The lowest BCUT2D eigenvalue weighted by molar-refractivity contribution is -0.138. The zero-order valence-corrected chi connectivity index (χ0v) is 13.9. The molecule has 1 amide bonds. The van der Waals surface area contributed by atoms with Crippen LogP contribution in [-0.4, -0.2) is 40.2 Å². The Balaban J connectivity index is 1.79. The first-order valence-electron chi connectivity index (χ1n) is 7.58. The predicted molar refractivity (Wildman–Crippen MR) is 91.7 cm³/mol. The first-order chi connectivity index (χ1) is 11.6. The monoisotopic (exact) mass is 347 g/mol. The van der Waals surface area contributed by atoms with Crippen molar-refractivity contribution >= 4 is 34.5 Å². The summed E-state index contributed by atoms with van der Waals surface area (Å²) in [6.45, 7) is 0. The number of aliphatic carboxylic acids is 1. The molecule has 1 aromatic rings. The first kappa shape index (κ1) is 16.5. The van der Waals surface area contributed by atoms with E-state index in [4.69, 9.17) is 9.84 Å². The number of carboxylic acid groups (broad SMARTS) is 1. The summed E-state index contributed by atoms with van der Waals surface area (Å²) in [5.74, 6) is -0.531. The molecular formula is C16H17N3O4S. The average molecular weight is 347 g/mol. The Morgan fingerprint density at radius 2 is 2.25 bits per heavy atom. The summed E-state index contributed by atoms with van der Waals surface area (Å²) in [6.07, 6.45) is 2.53. The normalized spacial score (nSPS) is 23.2. The molecule has 0 bridgehead atoms. The summed E-state index contributed by atoms with van der Waals surface area (Å²) < 4.78 is 5.25. The molecule has 1 aliphatic heterocycles. The Morgan fingerprint density at radius 3 is 3.00 bits per heavy atom. The maximum absolute atomic E-state index is 11.7. The molecule has 1 atom stereocenters. The van der Waals surface area contributed by atoms with E-state index in [-0.39, 0.29) is 12.3 Å². The van der Waals surface area contributed by atoms with Gasteiger partial charge in [-0.1, -0.05) is 11.8 Å². The summed E-state index contributed by atoms with van der Waals surface area (Å²) in [5.41, 5.74) is 3.08. The topological polar surface area (TPSA) is 100 Å². The molecule has 0 aromatic heterocycles. The number of ether oxygens (including phenoxy) is 1. The summed E-state index contributed by atoms with van der Waals surface area (Å²) >= 11 is 1.10. The number of fused-ring (bicyclic) bond motifs is 1. The van der Waals surface area contributed by atoms with Crippen molar-refractivity contribution in [2.24, 2.45) is 10.2 Å². The van der Waals surface area contributed by atoms with Crippen LogP contribution in [0.5, 0.6) is 5.75 Å². The van der Waals surface area contributed by atoms with Crippen LogP contribution in [0.1, 0.15) is 30.4 Å². The number of amidine groups is 1. The smallest absolute Gasteiger partial charge is 0.305 e. The number of rotatable bonds is 4. The number of thioether (sulfide) groups is 1. The minimum atomic E-state index is -1.01. The van der Waals surface area contributed by atoms with Gasteiger partial charge in [0.05, 0.1) is 19.2 Å². The molecule has 7 nitrogen and oxygen atoms in total. The number of nitrogens with zero attached hydrogens (tertiary/aromatic N) is 2. The van der Waals surface area contributed by atoms with E-state index in [0.29, 0.717) is 5.17 Å². The van der Waals surface area contributed by atoms with E-state index in [0.717, 1.165) is 48.0 Å². The van der Waals surface area contributed by atoms with E-state index in [9.17, 15) is 9.59 Å². The van der Waals surface area contributed by atoms with Gasteiger partial charge < -0.3 is 15.2 Å². The van der Waals surface area contributed by atoms with Crippen LogP contribution in [0.3, 0.4) is 0 Å². The predicted octanol–water partition coefficient (Wildman–Crippen LogP) is 1.80. The van der Waals surface area contributed by atoms with E-state index in [1.54, 1.807) is 7.11 Å². The quantitative estimate of drug-likeness (QED) is 0.809. The van der Waals surface area contributed by atoms with Crippen molar-refractivity contribution < 1.29 is 19.4 Å². The molecule has 0 saturated carbocycles. The van der Waals surface area contributed by atoms with Gasteiger partial charge in [0.15, 0.2) is 5.17 Å². The van der Waals surface area contributed by atoms with Crippen molar-refractivity contribution in [3.05, 3.63) is 29.3 Å². The Morgan fingerprint density at radius 1 is 1.42 bits per heavy atom. The van der Waals surface area contributed by atoms with Gasteiger partial charge in [-0.25, -0.2) is 0 Å². The Hall–Kier alpha value is -2.35. The summed E-state index contributed by atoms with van der Waals surface area (Å²) in [7, 11) is 1.64. The molecule has 1 aromatic carbocycles. The van der Waals surface area contributed by atoms with Crippen LogP contribution in [-0.2, 0) is 16.0 Å². The second-order valence-corrected chi connectivity index (χ2v) is 6.71. The standard InChI is InChI=1S/C16H17N3O4S/c1-23-10-5-6-11-9(7-10)3-2-4-12(11)18-19-16-17-15(22)13(24-16)8-14(20)21/h5-7,13H,2-4,8H2,1H3,(H,20,21)(H,17,19,22)/b18-12-. The summed E-state index contributed by atoms with van der Waals surface area (Å²) in [4.78, 5) is 22.4. The van der Waals surface area contributed by atoms with Crippen LogP contribution in [0, 0.1) is 0 Å². The third-order valence-corrected chi connectivity index (χ3v) is 4.95. The molecule has 1 aliphatic carbocycles. The lowest BCUT2D eigenvalue weighted by atomic mass is 9.90. The Bertz CT molecular complexity index is 745. The number of benzene rings is 1. The molecule has 1 unspecified atom stereocenters. The van der Waals surface area contributed by atoms with Crippen molar-refractivity contribution in [3.8, 4) is 5.75 Å². The van der Waals surface area contributed by atoms with Crippen molar-refractivity contribution in [3.63, 3.8) is 0 Å². The fourth-order valence-corrected chi connectivity index (χ4v) is 3.63. The molecule has 3 rings (SSSR count). The maximum atomic E-state index is 11.7. The number of hydrogen-bond acceptors (Lipinski definition) is 6. The molecule has 1 fully saturated rings. The molecule has 2 N–H and O–H groups in total. The molecule has 1 heterocycles. The van der Waals surface area contributed by atoms with Crippen molar-refractivity contribution in [2.45, 2.75) is 30.9 Å². The number of aryl methyl sites for hydroxylation is 1. The highest BCUT2D eigenvalue weighted by Crippen LogP contribution is 2.27. The highest BCUT2D eigenvalue weighted by molar-refractivity contribution is 8.15. The van der Waals surface area contributed by atoms with Crippen LogP contribution >= 0.6 is 11.8 Å². The van der Waals surface area contributed by atoms with Crippen LogP contribution < -0.4 is 10.1 Å². The highest BCUT2D eigenvalue weighted by Gasteiger charge is 2.32. The average Bonchev–Trinajstić information content (AvgIpc) is 2.91. The number of nitrogens with one attached hydrogen (secondary N) is 1. The van der Waals surface area contributed by atoms with E-state index < -0.39 is 11.2 Å². The van der Waals surface area contributed by atoms with E-state index in [1.165, 1.54) is 5.56 Å². The van der Waals surface area contributed by atoms with Gasteiger partial charge in [0, 0.05) is 5.56 Å². The van der Waals surface area contributed by atoms with Crippen LogP contribution in [0.4, 0.5) is 0 Å². The molecule has 0 spiro atoms. The van der Waals surface area contributed by atoms with Gasteiger partial charge in [-0.3, -0.25) is 9.59 Å². The zero-order valence-electron chi connectivity index (χ0n) is 13.1. The van der Waals surface area contributed by atoms with E-state index in [2.05, 4.69) is 15.5 Å². The lowest BCUT2D eigenvalue weighted by Gasteiger charge is -2.17.